The first-order chi connectivity index (χ1) is 14.5. The van der Waals surface area contributed by atoms with Crippen LogP contribution in [-0.4, -0.2) is 59.1 Å². The third-order valence-electron chi connectivity index (χ3n) is 6.26. The third-order valence-corrected chi connectivity index (χ3v) is 6.26. The summed E-state index contributed by atoms with van der Waals surface area (Å²) in [5.74, 6) is 0.359. The molecular weight excluding hydrogens is 378 g/mol. The van der Waals surface area contributed by atoms with Crippen LogP contribution in [-0.2, 0) is 10.3 Å². The zero-order valence-electron chi connectivity index (χ0n) is 17.3. The monoisotopic (exact) mass is 407 g/mol. The van der Waals surface area contributed by atoms with Gasteiger partial charge in [0.2, 0.25) is 0 Å². The highest BCUT2D eigenvalue weighted by Gasteiger charge is 2.53. The van der Waals surface area contributed by atoms with Crippen molar-refractivity contribution >= 4 is 11.9 Å². The smallest absolute Gasteiger partial charge is 0.325 e. The minimum absolute atomic E-state index is 0.0157. The van der Waals surface area contributed by atoms with Gasteiger partial charge in [-0.1, -0.05) is 67.6 Å². The minimum Gasteiger partial charge on any atom is -0.390 e. The second-order valence-corrected chi connectivity index (χ2v) is 8.46. The van der Waals surface area contributed by atoms with Crippen LogP contribution >= 0.6 is 0 Å². The highest BCUT2D eigenvalue weighted by Crippen LogP contribution is 2.36. The first-order valence-electron chi connectivity index (χ1n) is 10.7. The Bertz CT molecular complexity index is 840. The van der Waals surface area contributed by atoms with Gasteiger partial charge in [-0.25, -0.2) is 4.79 Å². The van der Waals surface area contributed by atoms with Crippen LogP contribution in [0, 0.1) is 5.92 Å². The number of benzene rings is 2. The van der Waals surface area contributed by atoms with E-state index in [4.69, 9.17) is 0 Å². The number of carbonyl (C=O) groups is 2. The number of likely N-dealkylation sites (tertiary alicyclic amines) is 1. The van der Waals surface area contributed by atoms with Gasteiger partial charge in [0.25, 0.3) is 5.91 Å². The van der Waals surface area contributed by atoms with Crippen LogP contribution in [0.5, 0.6) is 0 Å². The lowest BCUT2D eigenvalue weighted by molar-refractivity contribution is -0.131. The van der Waals surface area contributed by atoms with Gasteiger partial charge in [0.05, 0.1) is 12.6 Å². The molecule has 2 N–H and O–H groups in total. The summed E-state index contributed by atoms with van der Waals surface area (Å²) in [5.41, 5.74) is 0.132. The Balaban J connectivity index is 1.56. The minimum atomic E-state index is -1.28. The molecule has 2 heterocycles. The molecule has 0 aromatic heterocycles. The number of carbonyl (C=O) groups excluding carboxylic acids is 2. The van der Waals surface area contributed by atoms with Crippen LogP contribution in [0.15, 0.2) is 60.7 Å². The van der Waals surface area contributed by atoms with Crippen LogP contribution in [0.25, 0.3) is 0 Å². The molecule has 0 aliphatic carbocycles. The number of hydrogen-bond acceptors (Lipinski definition) is 4. The van der Waals surface area contributed by atoms with Gasteiger partial charge in [0, 0.05) is 6.54 Å². The Morgan fingerprint density at radius 1 is 0.967 bits per heavy atom. The van der Waals surface area contributed by atoms with Crippen molar-refractivity contribution in [2.45, 2.75) is 31.4 Å². The van der Waals surface area contributed by atoms with Gasteiger partial charge < -0.3 is 15.3 Å². The first kappa shape index (κ1) is 20.6. The van der Waals surface area contributed by atoms with Crippen LogP contribution in [0.2, 0.25) is 0 Å². The van der Waals surface area contributed by atoms with Gasteiger partial charge in [-0.05, 0) is 43.0 Å². The standard InChI is InChI=1S/C24H29N3O3/c1-18-12-14-26(15-13-18)16-21(28)17-27-22(29)24(25-23(27)30,19-8-4-2-5-9-19)20-10-6-3-7-11-20/h2-11,18,21,28H,12-17H2,1H3,(H,25,30). The molecule has 4 rings (SSSR count). The van der Waals surface area contributed by atoms with Crippen molar-refractivity contribution in [2.24, 2.45) is 5.92 Å². The van der Waals surface area contributed by atoms with Crippen molar-refractivity contribution in [3.63, 3.8) is 0 Å². The van der Waals surface area contributed by atoms with Crippen LogP contribution in [0.4, 0.5) is 4.79 Å². The summed E-state index contributed by atoms with van der Waals surface area (Å²) in [4.78, 5) is 29.9. The summed E-state index contributed by atoms with van der Waals surface area (Å²) in [7, 11) is 0. The molecule has 2 aromatic carbocycles. The quantitative estimate of drug-likeness (QED) is 0.722. The molecule has 0 bridgehead atoms. The number of imide groups is 1. The van der Waals surface area contributed by atoms with E-state index in [1.54, 1.807) is 0 Å². The van der Waals surface area contributed by atoms with Crippen LogP contribution in [0.1, 0.15) is 30.9 Å². The van der Waals surface area contributed by atoms with Crippen molar-refractivity contribution < 1.29 is 14.7 Å². The Hall–Kier alpha value is -2.70. The van der Waals surface area contributed by atoms with Gasteiger partial charge in [0.1, 0.15) is 0 Å². The third kappa shape index (κ3) is 3.85. The topological polar surface area (TPSA) is 72.9 Å². The van der Waals surface area contributed by atoms with Gasteiger partial charge in [-0.2, -0.15) is 0 Å². The molecule has 2 aromatic rings. The molecule has 2 aliphatic rings. The molecule has 0 spiro atoms. The number of aliphatic hydroxyl groups excluding tert-OH is 1. The van der Waals surface area contributed by atoms with E-state index in [9.17, 15) is 14.7 Å². The Kier molecular flexibility index (Phi) is 5.88. The fourth-order valence-corrected chi connectivity index (χ4v) is 4.49. The number of urea groups is 1. The lowest BCUT2D eigenvalue weighted by Gasteiger charge is -2.32. The second kappa shape index (κ2) is 8.58. The molecule has 1 unspecified atom stereocenters. The van der Waals surface area contributed by atoms with Crippen molar-refractivity contribution in [3.8, 4) is 0 Å². The maximum absolute atomic E-state index is 13.6. The van der Waals surface area contributed by atoms with E-state index in [2.05, 4.69) is 17.1 Å². The number of nitrogens with one attached hydrogen (secondary N) is 1. The highest BCUT2D eigenvalue weighted by atomic mass is 16.3. The summed E-state index contributed by atoms with van der Waals surface area (Å²) in [6, 6.07) is 18.1. The van der Waals surface area contributed by atoms with Gasteiger partial charge in [-0.15, -0.1) is 0 Å². The summed E-state index contributed by atoms with van der Waals surface area (Å²) >= 11 is 0. The largest absolute Gasteiger partial charge is 0.390 e. The fraction of sp³-hybridized carbons (Fsp3) is 0.417. The molecule has 158 valence electrons. The fourth-order valence-electron chi connectivity index (χ4n) is 4.49. The van der Waals surface area contributed by atoms with E-state index in [-0.39, 0.29) is 12.5 Å². The maximum Gasteiger partial charge on any atom is 0.325 e. The summed E-state index contributed by atoms with van der Waals surface area (Å²) in [5, 5.41) is 13.6. The highest BCUT2D eigenvalue weighted by molar-refractivity contribution is 6.09. The lowest BCUT2D eigenvalue weighted by atomic mass is 9.82. The van der Waals surface area contributed by atoms with Crippen LogP contribution < -0.4 is 5.32 Å². The molecule has 30 heavy (non-hydrogen) atoms. The second-order valence-electron chi connectivity index (χ2n) is 8.46. The first-order valence-corrected chi connectivity index (χ1v) is 10.7. The summed E-state index contributed by atoms with van der Waals surface area (Å²) in [6.45, 7) is 4.58. The van der Waals surface area contributed by atoms with Gasteiger partial charge in [0.15, 0.2) is 5.54 Å². The van der Waals surface area contributed by atoms with E-state index >= 15 is 0 Å². The molecule has 0 saturated carbocycles. The molecule has 2 saturated heterocycles. The van der Waals surface area contributed by atoms with E-state index in [0.717, 1.165) is 30.8 Å². The number of rotatable bonds is 6. The summed E-state index contributed by atoms with van der Waals surface area (Å²) < 4.78 is 0. The van der Waals surface area contributed by atoms with E-state index in [1.165, 1.54) is 0 Å². The van der Waals surface area contributed by atoms with Crippen molar-refractivity contribution in [2.75, 3.05) is 26.2 Å². The molecule has 3 amide bonds. The van der Waals surface area contributed by atoms with Gasteiger partial charge in [-0.3, -0.25) is 9.69 Å². The van der Waals surface area contributed by atoms with Gasteiger partial charge >= 0.3 is 6.03 Å². The number of β-amino-alcohol motifs (C(OH)–C–C–N with tert-alkyl or cyclic N) is 1. The number of hydrogen-bond donors (Lipinski definition) is 2. The molecule has 6 heteroatoms. The lowest BCUT2D eigenvalue weighted by Crippen LogP contribution is -2.47. The Morgan fingerprint density at radius 2 is 1.50 bits per heavy atom. The molecule has 0 radical (unpaired) electrons. The van der Waals surface area contributed by atoms with Crippen LogP contribution in [0.3, 0.4) is 0 Å². The SMILES string of the molecule is CC1CCN(CC(O)CN2C(=O)NC(c3ccccc3)(c3ccccc3)C2=O)CC1. The molecule has 2 fully saturated rings. The average Bonchev–Trinajstić information content (AvgIpc) is 3.02. The zero-order valence-corrected chi connectivity index (χ0v) is 17.3. The predicted octanol–water partition coefficient (Wildman–Crippen LogP) is 2.57. The zero-order chi connectivity index (χ0) is 21.1. The Labute approximate surface area is 177 Å². The van der Waals surface area contributed by atoms with E-state index in [0.29, 0.717) is 23.6 Å². The van der Waals surface area contributed by atoms with Crippen molar-refractivity contribution in [1.29, 1.82) is 0 Å². The van der Waals surface area contributed by atoms with Crippen molar-refractivity contribution in [1.82, 2.24) is 15.1 Å². The number of amides is 3. The van der Waals surface area contributed by atoms with E-state index < -0.39 is 17.7 Å². The molecular formula is C24H29N3O3. The Morgan fingerprint density at radius 3 is 2.03 bits per heavy atom. The molecule has 2 aliphatic heterocycles. The number of aliphatic hydroxyl groups is 1. The number of nitrogens with zero attached hydrogens (tertiary/aromatic N) is 2. The van der Waals surface area contributed by atoms with Crippen molar-refractivity contribution in [3.05, 3.63) is 71.8 Å². The number of piperidine rings is 1. The summed E-state index contributed by atoms with van der Waals surface area (Å²) in [6.07, 6.45) is 1.44. The average molecular weight is 408 g/mol. The molecule has 6 nitrogen and oxygen atoms in total. The maximum atomic E-state index is 13.6. The molecule has 1 atom stereocenters. The predicted molar refractivity (Wildman–Crippen MR) is 115 cm³/mol. The normalized spacial score (nSPS) is 20.9. The van der Waals surface area contributed by atoms with E-state index in [1.807, 2.05) is 60.7 Å².